The number of aromatic nitrogens is 3. The molecule has 0 aliphatic heterocycles. The first-order valence-corrected chi connectivity index (χ1v) is 8.74. The number of rotatable bonds is 5. The third-order valence-corrected chi connectivity index (χ3v) is 4.71. The second kappa shape index (κ2) is 7.31. The van der Waals surface area contributed by atoms with Crippen molar-refractivity contribution in [2.75, 3.05) is 6.54 Å². The standard InChI is InChI=1S/C18H24FN5O/c1-11(2)17-22-16(18(25)21-14-8-5-6-12(14)10-20)23-24(17)15-9-4-3-7-13(15)19/h3-4,7,9,11-12,14H,5-6,8,10,20H2,1-2H3,(H,21,25). The van der Waals surface area contributed by atoms with E-state index >= 15 is 0 Å². The highest BCUT2D eigenvalue weighted by Crippen LogP contribution is 2.25. The summed E-state index contributed by atoms with van der Waals surface area (Å²) in [5.74, 6) is 0.174. The first-order valence-electron chi connectivity index (χ1n) is 8.74. The van der Waals surface area contributed by atoms with E-state index in [9.17, 15) is 9.18 Å². The van der Waals surface area contributed by atoms with Gasteiger partial charge in [0.1, 0.15) is 17.3 Å². The van der Waals surface area contributed by atoms with Gasteiger partial charge in [-0.3, -0.25) is 4.79 Å². The Morgan fingerprint density at radius 3 is 2.84 bits per heavy atom. The van der Waals surface area contributed by atoms with E-state index in [-0.39, 0.29) is 23.7 Å². The number of para-hydroxylation sites is 1. The Bertz CT molecular complexity index is 758. The number of carbonyl (C=O) groups is 1. The molecule has 3 rings (SSSR count). The van der Waals surface area contributed by atoms with Crippen molar-refractivity contribution >= 4 is 5.91 Å². The van der Waals surface area contributed by atoms with Gasteiger partial charge in [-0.25, -0.2) is 14.1 Å². The molecule has 0 bridgehead atoms. The largest absolute Gasteiger partial charge is 0.346 e. The second-order valence-electron chi connectivity index (χ2n) is 6.82. The van der Waals surface area contributed by atoms with Crippen molar-refractivity contribution in [2.24, 2.45) is 11.7 Å². The molecule has 3 N–H and O–H groups in total. The van der Waals surface area contributed by atoms with Crippen LogP contribution < -0.4 is 11.1 Å². The Balaban J connectivity index is 1.89. The van der Waals surface area contributed by atoms with Gasteiger partial charge in [0, 0.05) is 12.0 Å². The van der Waals surface area contributed by atoms with Gasteiger partial charge in [0.05, 0.1) is 0 Å². The van der Waals surface area contributed by atoms with E-state index < -0.39 is 5.82 Å². The number of hydrogen-bond donors (Lipinski definition) is 2. The summed E-state index contributed by atoms with van der Waals surface area (Å²) >= 11 is 0. The normalized spacial score (nSPS) is 20.2. The van der Waals surface area contributed by atoms with Crippen LogP contribution in [0.15, 0.2) is 24.3 Å². The van der Waals surface area contributed by atoms with Gasteiger partial charge in [0.25, 0.3) is 5.91 Å². The van der Waals surface area contributed by atoms with Crippen molar-refractivity contribution in [3.63, 3.8) is 0 Å². The fourth-order valence-corrected chi connectivity index (χ4v) is 3.34. The van der Waals surface area contributed by atoms with Gasteiger partial charge in [-0.15, -0.1) is 5.10 Å². The number of amides is 1. The SMILES string of the molecule is CC(C)c1nc(C(=O)NC2CCCC2CN)nn1-c1ccccc1F. The Hall–Kier alpha value is -2.28. The average molecular weight is 345 g/mol. The first-order chi connectivity index (χ1) is 12.0. The minimum atomic E-state index is -0.403. The molecule has 1 saturated carbocycles. The zero-order valence-corrected chi connectivity index (χ0v) is 14.6. The van der Waals surface area contributed by atoms with Crippen LogP contribution in [0.3, 0.4) is 0 Å². The van der Waals surface area contributed by atoms with Crippen molar-refractivity contribution in [1.82, 2.24) is 20.1 Å². The smallest absolute Gasteiger partial charge is 0.291 e. The number of halogens is 1. The van der Waals surface area contributed by atoms with Crippen molar-refractivity contribution in [2.45, 2.75) is 45.1 Å². The summed E-state index contributed by atoms with van der Waals surface area (Å²) in [6, 6.07) is 6.39. The Morgan fingerprint density at radius 2 is 2.16 bits per heavy atom. The molecule has 0 saturated heterocycles. The predicted molar refractivity (Wildman–Crippen MR) is 93.1 cm³/mol. The molecule has 2 aromatic rings. The van der Waals surface area contributed by atoms with Crippen LogP contribution >= 0.6 is 0 Å². The van der Waals surface area contributed by atoms with E-state index in [2.05, 4.69) is 15.4 Å². The number of nitrogens with zero attached hydrogens (tertiary/aromatic N) is 3. The maximum Gasteiger partial charge on any atom is 0.291 e. The van der Waals surface area contributed by atoms with Gasteiger partial charge >= 0.3 is 0 Å². The highest BCUT2D eigenvalue weighted by molar-refractivity contribution is 5.90. The van der Waals surface area contributed by atoms with Crippen LogP contribution in [0, 0.1) is 11.7 Å². The summed E-state index contributed by atoms with van der Waals surface area (Å²) in [6.07, 6.45) is 3.00. The van der Waals surface area contributed by atoms with E-state index in [4.69, 9.17) is 5.73 Å². The molecule has 7 heteroatoms. The highest BCUT2D eigenvalue weighted by atomic mass is 19.1. The lowest BCUT2D eigenvalue weighted by Gasteiger charge is -2.18. The number of hydrogen-bond acceptors (Lipinski definition) is 4. The third-order valence-electron chi connectivity index (χ3n) is 4.71. The van der Waals surface area contributed by atoms with E-state index in [1.807, 2.05) is 13.8 Å². The number of nitrogens with two attached hydrogens (primary N) is 1. The number of benzene rings is 1. The molecule has 0 spiro atoms. The maximum atomic E-state index is 14.2. The van der Waals surface area contributed by atoms with Gasteiger partial charge in [-0.05, 0) is 37.4 Å². The topological polar surface area (TPSA) is 85.8 Å². The Labute approximate surface area is 146 Å². The second-order valence-corrected chi connectivity index (χ2v) is 6.82. The predicted octanol–water partition coefficient (Wildman–Crippen LogP) is 2.39. The summed E-state index contributed by atoms with van der Waals surface area (Å²) < 4.78 is 15.6. The quantitative estimate of drug-likeness (QED) is 0.871. The Kier molecular flexibility index (Phi) is 5.13. The van der Waals surface area contributed by atoms with Gasteiger partial charge < -0.3 is 11.1 Å². The van der Waals surface area contributed by atoms with Crippen LogP contribution in [0.1, 0.15) is 55.5 Å². The maximum absolute atomic E-state index is 14.2. The molecule has 1 aliphatic rings. The summed E-state index contributed by atoms with van der Waals surface area (Å²) in [4.78, 5) is 16.9. The lowest BCUT2D eigenvalue weighted by atomic mass is 10.0. The minimum absolute atomic E-state index is 0.00285. The average Bonchev–Trinajstić information content (AvgIpc) is 3.21. The van der Waals surface area contributed by atoms with Crippen molar-refractivity contribution in [1.29, 1.82) is 0 Å². The lowest BCUT2D eigenvalue weighted by molar-refractivity contribution is 0.0918. The fourth-order valence-electron chi connectivity index (χ4n) is 3.34. The van der Waals surface area contributed by atoms with Crippen molar-refractivity contribution < 1.29 is 9.18 Å². The van der Waals surface area contributed by atoms with E-state index in [0.29, 0.717) is 24.0 Å². The summed E-state index contributed by atoms with van der Waals surface area (Å²) in [6.45, 7) is 4.42. The third kappa shape index (κ3) is 3.56. The van der Waals surface area contributed by atoms with Crippen LogP contribution in [0.5, 0.6) is 0 Å². The van der Waals surface area contributed by atoms with Crippen LogP contribution in [-0.4, -0.2) is 33.3 Å². The van der Waals surface area contributed by atoms with Crippen LogP contribution in [0.25, 0.3) is 5.69 Å². The van der Waals surface area contributed by atoms with Crippen LogP contribution in [-0.2, 0) is 0 Å². The minimum Gasteiger partial charge on any atom is -0.346 e. The summed E-state index contributed by atoms with van der Waals surface area (Å²) in [5, 5.41) is 7.27. The van der Waals surface area contributed by atoms with E-state index in [1.165, 1.54) is 10.7 Å². The van der Waals surface area contributed by atoms with Crippen molar-refractivity contribution in [3.8, 4) is 5.69 Å². The molecule has 0 radical (unpaired) electrons. The lowest BCUT2D eigenvalue weighted by Crippen LogP contribution is -2.40. The van der Waals surface area contributed by atoms with Gasteiger partial charge in [0.2, 0.25) is 5.82 Å². The zero-order valence-electron chi connectivity index (χ0n) is 14.6. The fraction of sp³-hybridized carbons (Fsp3) is 0.500. The molecule has 1 fully saturated rings. The molecule has 25 heavy (non-hydrogen) atoms. The molecule has 1 aromatic heterocycles. The van der Waals surface area contributed by atoms with Crippen molar-refractivity contribution in [3.05, 3.63) is 41.7 Å². The first kappa shape index (κ1) is 17.5. The summed E-state index contributed by atoms with van der Waals surface area (Å²) in [7, 11) is 0. The van der Waals surface area contributed by atoms with Gasteiger partial charge in [0.15, 0.2) is 0 Å². The van der Waals surface area contributed by atoms with Crippen LogP contribution in [0.2, 0.25) is 0 Å². The van der Waals surface area contributed by atoms with Gasteiger partial charge in [-0.2, -0.15) is 0 Å². The summed E-state index contributed by atoms with van der Waals surface area (Å²) in [5.41, 5.74) is 6.06. The van der Waals surface area contributed by atoms with Crippen LogP contribution in [0.4, 0.5) is 4.39 Å². The number of nitrogens with one attached hydrogen (secondary N) is 1. The highest BCUT2D eigenvalue weighted by Gasteiger charge is 2.29. The molecule has 6 nitrogen and oxygen atoms in total. The zero-order chi connectivity index (χ0) is 18.0. The van der Waals surface area contributed by atoms with E-state index in [1.54, 1.807) is 18.2 Å². The van der Waals surface area contributed by atoms with Gasteiger partial charge in [-0.1, -0.05) is 32.4 Å². The molecule has 134 valence electrons. The van der Waals surface area contributed by atoms with E-state index in [0.717, 1.165) is 19.3 Å². The number of carbonyl (C=O) groups excluding carboxylic acids is 1. The molecule has 2 atom stereocenters. The Morgan fingerprint density at radius 1 is 1.40 bits per heavy atom. The molecular weight excluding hydrogens is 321 g/mol. The molecular formula is C18H24FN5O. The molecule has 1 heterocycles. The molecule has 1 amide bonds. The molecule has 1 aliphatic carbocycles. The molecule has 2 unspecified atom stereocenters. The monoisotopic (exact) mass is 345 g/mol. The molecule has 1 aromatic carbocycles.